The first-order valence-corrected chi connectivity index (χ1v) is 8.09. The van der Waals surface area contributed by atoms with E-state index in [1.807, 2.05) is 13.8 Å². The Morgan fingerprint density at radius 2 is 1.81 bits per heavy atom. The molecule has 1 rings (SSSR count). The maximum Gasteiger partial charge on any atom is 0.257 e. The summed E-state index contributed by atoms with van der Waals surface area (Å²) in [6.07, 6.45) is 0. The lowest BCUT2D eigenvalue weighted by Crippen LogP contribution is -2.31. The molecule has 0 aromatic heterocycles. The average Bonchev–Trinajstić information content (AvgIpc) is 2.43. The van der Waals surface area contributed by atoms with Crippen LogP contribution in [-0.4, -0.2) is 45.9 Å². The monoisotopic (exact) mass is 314 g/mol. The first kappa shape index (κ1) is 17.5. The molecule has 6 nitrogen and oxygen atoms in total. The number of hydrogen-bond donors (Lipinski definition) is 1. The molecule has 0 aliphatic heterocycles. The molecule has 0 aliphatic rings. The smallest absolute Gasteiger partial charge is 0.257 e. The molecule has 0 unspecified atom stereocenters. The molecular weight excluding hydrogens is 292 g/mol. The van der Waals surface area contributed by atoms with Gasteiger partial charge >= 0.3 is 0 Å². The van der Waals surface area contributed by atoms with Gasteiger partial charge in [0, 0.05) is 20.6 Å². The van der Waals surface area contributed by atoms with Crippen LogP contribution in [0.15, 0.2) is 29.2 Å². The van der Waals surface area contributed by atoms with Gasteiger partial charge in [-0.1, -0.05) is 13.8 Å². The van der Waals surface area contributed by atoms with Crippen LogP contribution < -0.4 is 10.1 Å². The molecule has 21 heavy (non-hydrogen) atoms. The van der Waals surface area contributed by atoms with Gasteiger partial charge in [-0.05, 0) is 30.2 Å². The van der Waals surface area contributed by atoms with Crippen molar-refractivity contribution in [3.8, 4) is 5.75 Å². The second-order valence-corrected chi connectivity index (χ2v) is 7.40. The Hall–Kier alpha value is -1.60. The third-order valence-electron chi connectivity index (χ3n) is 2.68. The number of ether oxygens (including phenoxy) is 1. The van der Waals surface area contributed by atoms with Gasteiger partial charge in [-0.2, -0.15) is 0 Å². The van der Waals surface area contributed by atoms with Crippen LogP contribution in [0.4, 0.5) is 0 Å². The summed E-state index contributed by atoms with van der Waals surface area (Å²) < 4.78 is 30.2. The van der Waals surface area contributed by atoms with E-state index in [2.05, 4.69) is 5.32 Å². The zero-order valence-electron chi connectivity index (χ0n) is 12.8. The minimum atomic E-state index is -3.44. The van der Waals surface area contributed by atoms with Crippen molar-refractivity contribution in [1.82, 2.24) is 9.62 Å². The standard InChI is InChI=1S/C14H22N2O4S/c1-11(2)9-15-14(17)10-20-12-5-7-13(8-6-12)21(18,19)16(3)4/h5-8,11H,9-10H2,1-4H3,(H,15,17). The van der Waals surface area contributed by atoms with Crippen molar-refractivity contribution in [1.29, 1.82) is 0 Å². The zero-order valence-corrected chi connectivity index (χ0v) is 13.6. The van der Waals surface area contributed by atoms with Crippen LogP contribution in [0, 0.1) is 5.92 Å². The highest BCUT2D eigenvalue weighted by Gasteiger charge is 2.16. The lowest BCUT2D eigenvalue weighted by atomic mass is 10.2. The summed E-state index contributed by atoms with van der Waals surface area (Å²) in [4.78, 5) is 11.7. The quantitative estimate of drug-likeness (QED) is 0.817. The van der Waals surface area contributed by atoms with Crippen molar-refractivity contribution in [3.63, 3.8) is 0 Å². The molecule has 1 aromatic carbocycles. The summed E-state index contributed by atoms with van der Waals surface area (Å²) in [5.41, 5.74) is 0. The van der Waals surface area contributed by atoms with E-state index in [1.54, 1.807) is 0 Å². The van der Waals surface area contributed by atoms with Crippen molar-refractivity contribution in [2.24, 2.45) is 5.92 Å². The third kappa shape index (κ3) is 5.35. The highest BCUT2D eigenvalue weighted by atomic mass is 32.2. The molecule has 0 atom stereocenters. The molecule has 0 heterocycles. The van der Waals surface area contributed by atoms with Crippen molar-refractivity contribution in [3.05, 3.63) is 24.3 Å². The number of carbonyl (C=O) groups is 1. The number of amides is 1. The van der Waals surface area contributed by atoms with Crippen LogP contribution in [0.1, 0.15) is 13.8 Å². The summed E-state index contributed by atoms with van der Waals surface area (Å²) in [6.45, 7) is 4.52. The Balaban J connectivity index is 2.58. The maximum absolute atomic E-state index is 11.9. The van der Waals surface area contributed by atoms with Gasteiger partial charge in [-0.3, -0.25) is 4.79 Å². The average molecular weight is 314 g/mol. The number of nitrogens with zero attached hydrogens (tertiary/aromatic N) is 1. The van der Waals surface area contributed by atoms with Crippen molar-refractivity contribution < 1.29 is 17.9 Å². The summed E-state index contributed by atoms with van der Waals surface area (Å²) >= 11 is 0. The molecule has 1 amide bonds. The fourth-order valence-electron chi connectivity index (χ4n) is 1.44. The minimum Gasteiger partial charge on any atom is -0.484 e. The number of hydrogen-bond acceptors (Lipinski definition) is 4. The molecule has 1 N–H and O–H groups in total. The molecule has 118 valence electrons. The first-order chi connectivity index (χ1) is 9.73. The molecule has 0 fully saturated rings. The van der Waals surface area contributed by atoms with Crippen LogP contribution in [-0.2, 0) is 14.8 Å². The molecule has 0 saturated heterocycles. The van der Waals surface area contributed by atoms with E-state index in [-0.39, 0.29) is 17.4 Å². The van der Waals surface area contributed by atoms with E-state index in [0.29, 0.717) is 18.2 Å². The number of nitrogens with one attached hydrogen (secondary N) is 1. The summed E-state index contributed by atoms with van der Waals surface area (Å²) in [5, 5.41) is 2.74. The lowest BCUT2D eigenvalue weighted by molar-refractivity contribution is -0.123. The predicted octanol–water partition coefficient (Wildman–Crippen LogP) is 1.09. The second kappa shape index (κ2) is 7.42. The molecule has 0 spiro atoms. The fraction of sp³-hybridized carbons (Fsp3) is 0.500. The Morgan fingerprint density at radius 3 is 2.29 bits per heavy atom. The van der Waals surface area contributed by atoms with E-state index in [0.717, 1.165) is 4.31 Å². The van der Waals surface area contributed by atoms with Crippen molar-refractivity contribution in [2.75, 3.05) is 27.2 Å². The SMILES string of the molecule is CC(C)CNC(=O)COc1ccc(S(=O)(=O)N(C)C)cc1. The van der Waals surface area contributed by atoms with Gasteiger partial charge in [0.1, 0.15) is 5.75 Å². The van der Waals surface area contributed by atoms with Crippen molar-refractivity contribution in [2.45, 2.75) is 18.7 Å². The molecule has 0 radical (unpaired) electrons. The maximum atomic E-state index is 11.9. The summed E-state index contributed by atoms with van der Waals surface area (Å²) in [7, 11) is -0.503. The minimum absolute atomic E-state index is 0.0908. The molecule has 0 bridgehead atoms. The normalized spacial score (nSPS) is 11.7. The molecule has 0 saturated carbocycles. The Bertz CT molecular complexity index is 565. The largest absolute Gasteiger partial charge is 0.484 e. The summed E-state index contributed by atoms with van der Waals surface area (Å²) in [6, 6.07) is 5.98. The number of rotatable bonds is 7. The van der Waals surface area contributed by atoms with E-state index in [1.165, 1.54) is 38.4 Å². The molecule has 0 aliphatic carbocycles. The van der Waals surface area contributed by atoms with Gasteiger partial charge in [0.25, 0.3) is 5.91 Å². The van der Waals surface area contributed by atoms with Gasteiger partial charge in [0.2, 0.25) is 10.0 Å². The number of benzene rings is 1. The van der Waals surface area contributed by atoms with Crippen LogP contribution >= 0.6 is 0 Å². The van der Waals surface area contributed by atoms with Gasteiger partial charge in [-0.15, -0.1) is 0 Å². The van der Waals surface area contributed by atoms with Crippen LogP contribution in [0.5, 0.6) is 5.75 Å². The van der Waals surface area contributed by atoms with Gasteiger partial charge in [-0.25, -0.2) is 12.7 Å². The van der Waals surface area contributed by atoms with Crippen LogP contribution in [0.25, 0.3) is 0 Å². The van der Waals surface area contributed by atoms with E-state index >= 15 is 0 Å². The summed E-state index contributed by atoms with van der Waals surface area (Å²) in [5.74, 6) is 0.630. The van der Waals surface area contributed by atoms with Crippen molar-refractivity contribution >= 4 is 15.9 Å². The zero-order chi connectivity index (χ0) is 16.0. The fourth-order valence-corrected chi connectivity index (χ4v) is 2.34. The van der Waals surface area contributed by atoms with Crippen LogP contribution in [0.2, 0.25) is 0 Å². The Labute approximate surface area is 126 Å². The van der Waals surface area contributed by atoms with Crippen LogP contribution in [0.3, 0.4) is 0 Å². The highest BCUT2D eigenvalue weighted by Crippen LogP contribution is 2.17. The lowest BCUT2D eigenvalue weighted by Gasteiger charge is -2.12. The molecule has 1 aromatic rings. The number of sulfonamides is 1. The Kier molecular flexibility index (Phi) is 6.17. The van der Waals surface area contributed by atoms with E-state index in [9.17, 15) is 13.2 Å². The van der Waals surface area contributed by atoms with E-state index < -0.39 is 10.0 Å². The Morgan fingerprint density at radius 1 is 1.24 bits per heavy atom. The van der Waals surface area contributed by atoms with Gasteiger partial charge in [0.15, 0.2) is 6.61 Å². The molecule has 7 heteroatoms. The first-order valence-electron chi connectivity index (χ1n) is 6.65. The molecular formula is C14H22N2O4S. The van der Waals surface area contributed by atoms with E-state index in [4.69, 9.17) is 4.74 Å². The third-order valence-corrected chi connectivity index (χ3v) is 4.51. The number of carbonyl (C=O) groups excluding carboxylic acids is 1. The van der Waals surface area contributed by atoms with Gasteiger partial charge < -0.3 is 10.1 Å². The predicted molar refractivity (Wildman–Crippen MR) is 80.7 cm³/mol. The van der Waals surface area contributed by atoms with Gasteiger partial charge in [0.05, 0.1) is 4.90 Å². The topological polar surface area (TPSA) is 75.7 Å². The highest BCUT2D eigenvalue weighted by molar-refractivity contribution is 7.89. The second-order valence-electron chi connectivity index (χ2n) is 5.25.